The molecule has 0 aromatic carbocycles. The molecule has 96 valence electrons. The minimum Gasteiger partial charge on any atom is -0.462 e. The van der Waals surface area contributed by atoms with Crippen molar-refractivity contribution >= 4 is 11.9 Å². The molecule has 0 radical (unpaired) electrons. The number of nitrogens with zero attached hydrogens (tertiary/aromatic N) is 2. The Bertz CT molecular complexity index is 466. The lowest BCUT2D eigenvalue weighted by molar-refractivity contribution is 0.0524. The van der Waals surface area contributed by atoms with Gasteiger partial charge in [-0.05, 0) is 20.3 Å². The number of carbonyl (C=O) groups is 1. The van der Waals surface area contributed by atoms with Gasteiger partial charge >= 0.3 is 5.97 Å². The fourth-order valence-electron chi connectivity index (χ4n) is 1.36. The fraction of sp³-hybridized carbons (Fsp3) is 0.462. The number of aromatic nitrogens is 2. The van der Waals surface area contributed by atoms with Crippen molar-refractivity contribution in [1.82, 2.24) is 9.97 Å². The van der Waals surface area contributed by atoms with E-state index in [9.17, 15) is 4.79 Å². The first kappa shape index (κ1) is 14.0. The van der Waals surface area contributed by atoms with Crippen molar-refractivity contribution in [3.8, 4) is 12.3 Å². The van der Waals surface area contributed by atoms with E-state index in [1.807, 2.05) is 6.92 Å². The van der Waals surface area contributed by atoms with Gasteiger partial charge in [0.1, 0.15) is 0 Å². The summed E-state index contributed by atoms with van der Waals surface area (Å²) in [5, 5.41) is 3.01. The van der Waals surface area contributed by atoms with Gasteiger partial charge in [0.15, 0.2) is 0 Å². The van der Waals surface area contributed by atoms with E-state index in [1.54, 1.807) is 13.8 Å². The molecule has 0 spiro atoms. The average Bonchev–Trinajstić information content (AvgIpc) is 2.36. The van der Waals surface area contributed by atoms with Gasteiger partial charge in [0, 0.05) is 6.20 Å². The highest BCUT2D eigenvalue weighted by molar-refractivity contribution is 5.90. The predicted molar refractivity (Wildman–Crippen MR) is 69.3 cm³/mol. The van der Waals surface area contributed by atoms with E-state index in [2.05, 4.69) is 21.2 Å². The zero-order valence-corrected chi connectivity index (χ0v) is 10.9. The lowest BCUT2D eigenvalue weighted by Gasteiger charge is -2.11. The SMILES string of the molecule is C#CC(CC)Nc1ncc(C(=O)OCC)c(C)n1. The van der Waals surface area contributed by atoms with Crippen LogP contribution in [0.15, 0.2) is 6.20 Å². The third-order valence-corrected chi connectivity index (χ3v) is 2.39. The average molecular weight is 247 g/mol. The van der Waals surface area contributed by atoms with Crippen molar-refractivity contribution in [2.24, 2.45) is 0 Å². The minimum atomic E-state index is -0.412. The first-order chi connectivity index (χ1) is 8.62. The lowest BCUT2D eigenvalue weighted by Crippen LogP contribution is -2.19. The summed E-state index contributed by atoms with van der Waals surface area (Å²) in [6.07, 6.45) is 7.57. The largest absolute Gasteiger partial charge is 0.462 e. The summed E-state index contributed by atoms with van der Waals surface area (Å²) in [6, 6.07) is -0.113. The number of hydrogen-bond donors (Lipinski definition) is 1. The molecule has 5 heteroatoms. The summed E-state index contributed by atoms with van der Waals surface area (Å²) >= 11 is 0. The van der Waals surface area contributed by atoms with Gasteiger partial charge in [0.2, 0.25) is 5.95 Å². The molecule has 5 nitrogen and oxygen atoms in total. The number of terminal acetylenes is 1. The lowest BCUT2D eigenvalue weighted by atomic mass is 10.2. The maximum Gasteiger partial charge on any atom is 0.341 e. The van der Waals surface area contributed by atoms with E-state index in [0.717, 1.165) is 6.42 Å². The molecule has 0 aliphatic heterocycles. The summed E-state index contributed by atoms with van der Waals surface area (Å²) in [6.45, 7) is 5.78. The van der Waals surface area contributed by atoms with E-state index >= 15 is 0 Å². The third-order valence-electron chi connectivity index (χ3n) is 2.39. The Labute approximate surface area is 107 Å². The summed E-state index contributed by atoms with van der Waals surface area (Å²) in [7, 11) is 0. The van der Waals surface area contributed by atoms with Crippen molar-refractivity contribution in [3.05, 3.63) is 17.5 Å². The fourth-order valence-corrected chi connectivity index (χ4v) is 1.36. The van der Waals surface area contributed by atoms with Crippen LogP contribution in [0.1, 0.15) is 36.3 Å². The zero-order chi connectivity index (χ0) is 13.5. The Kier molecular flexibility index (Phi) is 5.12. The molecular weight excluding hydrogens is 230 g/mol. The standard InChI is InChI=1S/C13H17N3O2/c1-5-10(6-2)16-13-14-8-11(9(4)15-13)12(17)18-7-3/h1,8,10H,6-7H2,2-4H3,(H,14,15,16). The van der Waals surface area contributed by atoms with Gasteiger partial charge < -0.3 is 10.1 Å². The molecule has 1 atom stereocenters. The van der Waals surface area contributed by atoms with Gasteiger partial charge in [0.25, 0.3) is 0 Å². The van der Waals surface area contributed by atoms with E-state index < -0.39 is 5.97 Å². The van der Waals surface area contributed by atoms with Crippen LogP contribution in [0.2, 0.25) is 0 Å². The molecule has 1 rings (SSSR count). The predicted octanol–water partition coefficient (Wildman–Crippen LogP) is 1.79. The van der Waals surface area contributed by atoms with Crippen molar-refractivity contribution in [2.75, 3.05) is 11.9 Å². The topological polar surface area (TPSA) is 64.1 Å². The number of esters is 1. The van der Waals surface area contributed by atoms with Gasteiger partial charge in [-0.25, -0.2) is 14.8 Å². The quantitative estimate of drug-likeness (QED) is 0.634. The van der Waals surface area contributed by atoms with Crippen molar-refractivity contribution < 1.29 is 9.53 Å². The molecule has 1 N–H and O–H groups in total. The number of ether oxygens (including phenoxy) is 1. The Morgan fingerprint density at radius 1 is 1.61 bits per heavy atom. The second-order valence-electron chi connectivity index (χ2n) is 3.69. The summed E-state index contributed by atoms with van der Waals surface area (Å²) in [5.41, 5.74) is 0.939. The molecule has 1 unspecified atom stereocenters. The van der Waals surface area contributed by atoms with Gasteiger partial charge in [-0.1, -0.05) is 12.8 Å². The molecule has 18 heavy (non-hydrogen) atoms. The van der Waals surface area contributed by atoms with Crippen molar-refractivity contribution in [2.45, 2.75) is 33.2 Å². The molecule has 1 aromatic heterocycles. The number of rotatable bonds is 5. The van der Waals surface area contributed by atoms with Crippen LogP contribution in [0, 0.1) is 19.3 Å². The molecule has 0 aliphatic rings. The molecule has 0 saturated carbocycles. The molecule has 0 bridgehead atoms. The van der Waals surface area contributed by atoms with Crippen molar-refractivity contribution in [3.63, 3.8) is 0 Å². The highest BCUT2D eigenvalue weighted by Gasteiger charge is 2.13. The third kappa shape index (κ3) is 3.45. The van der Waals surface area contributed by atoms with E-state index in [1.165, 1.54) is 6.20 Å². The number of hydrogen-bond acceptors (Lipinski definition) is 5. The summed E-state index contributed by atoms with van der Waals surface area (Å²) < 4.78 is 4.90. The number of nitrogens with one attached hydrogen (secondary N) is 1. The Morgan fingerprint density at radius 3 is 2.83 bits per heavy atom. The Balaban J connectivity index is 2.86. The monoisotopic (exact) mass is 247 g/mol. The van der Waals surface area contributed by atoms with Crippen molar-refractivity contribution in [1.29, 1.82) is 0 Å². The molecule has 1 heterocycles. The highest BCUT2D eigenvalue weighted by Crippen LogP contribution is 2.10. The summed E-state index contributed by atoms with van der Waals surface area (Å²) in [5.74, 6) is 2.60. The Morgan fingerprint density at radius 2 is 2.33 bits per heavy atom. The molecular formula is C13H17N3O2. The molecule has 0 saturated heterocycles. The van der Waals surface area contributed by atoms with Crippen LogP contribution < -0.4 is 5.32 Å². The van der Waals surface area contributed by atoms with E-state index in [4.69, 9.17) is 11.2 Å². The van der Waals surface area contributed by atoms with Crippen LogP contribution in [0.25, 0.3) is 0 Å². The normalized spacial score (nSPS) is 11.4. The molecule has 0 aliphatic carbocycles. The molecule has 0 amide bonds. The summed E-state index contributed by atoms with van der Waals surface area (Å²) in [4.78, 5) is 19.8. The highest BCUT2D eigenvalue weighted by atomic mass is 16.5. The van der Waals surface area contributed by atoms with Crippen LogP contribution in [-0.2, 0) is 4.74 Å². The maximum atomic E-state index is 11.6. The van der Waals surface area contributed by atoms with Gasteiger partial charge in [-0.15, -0.1) is 6.42 Å². The van der Waals surface area contributed by atoms with E-state index in [-0.39, 0.29) is 6.04 Å². The zero-order valence-electron chi connectivity index (χ0n) is 10.9. The number of aryl methyl sites for hydroxylation is 1. The van der Waals surface area contributed by atoms with Crippen LogP contribution in [0.3, 0.4) is 0 Å². The van der Waals surface area contributed by atoms with Crippen LogP contribution in [0.4, 0.5) is 5.95 Å². The first-order valence-corrected chi connectivity index (χ1v) is 5.85. The van der Waals surface area contributed by atoms with Crippen LogP contribution >= 0.6 is 0 Å². The minimum absolute atomic E-state index is 0.113. The number of anilines is 1. The molecule has 0 fully saturated rings. The second kappa shape index (κ2) is 6.60. The first-order valence-electron chi connectivity index (χ1n) is 5.85. The van der Waals surface area contributed by atoms with Gasteiger partial charge in [-0.3, -0.25) is 0 Å². The van der Waals surface area contributed by atoms with Gasteiger partial charge in [-0.2, -0.15) is 0 Å². The van der Waals surface area contributed by atoms with E-state index in [0.29, 0.717) is 23.8 Å². The smallest absolute Gasteiger partial charge is 0.341 e. The van der Waals surface area contributed by atoms with Gasteiger partial charge in [0.05, 0.1) is 23.9 Å². The second-order valence-corrected chi connectivity index (χ2v) is 3.69. The molecule has 1 aromatic rings. The van der Waals surface area contributed by atoms with Crippen LogP contribution in [-0.4, -0.2) is 28.6 Å². The maximum absolute atomic E-state index is 11.6. The number of carbonyl (C=O) groups excluding carboxylic acids is 1. The Hall–Kier alpha value is -2.09. The van der Waals surface area contributed by atoms with Crippen LogP contribution in [0.5, 0.6) is 0 Å².